The first kappa shape index (κ1) is 13.9. The van der Waals surface area contributed by atoms with Crippen molar-refractivity contribution in [3.63, 3.8) is 0 Å². The Bertz CT molecular complexity index is 483. The lowest BCUT2D eigenvalue weighted by atomic mass is 9.93. The Labute approximate surface area is 113 Å². The zero-order valence-corrected chi connectivity index (χ0v) is 11.7. The van der Waals surface area contributed by atoms with Crippen LogP contribution >= 0.6 is 0 Å². The molecule has 1 amide bonds. The predicted molar refractivity (Wildman–Crippen MR) is 73.1 cm³/mol. The molecule has 0 saturated carbocycles. The van der Waals surface area contributed by atoms with Gasteiger partial charge in [-0.05, 0) is 19.9 Å². The van der Waals surface area contributed by atoms with Gasteiger partial charge in [0.1, 0.15) is 5.75 Å². The Kier molecular flexibility index (Phi) is 4.10. The zero-order chi connectivity index (χ0) is 14.0. The van der Waals surface area contributed by atoms with Crippen LogP contribution in [-0.4, -0.2) is 17.6 Å². The van der Waals surface area contributed by atoms with Crippen molar-refractivity contribution in [2.75, 3.05) is 6.61 Å². The molecule has 1 aromatic rings. The number of hydrogen-bond acceptors (Lipinski definition) is 3. The molecule has 1 aromatic carbocycles. The topological polar surface area (TPSA) is 58.6 Å². The molecule has 0 saturated heterocycles. The van der Waals surface area contributed by atoms with E-state index in [2.05, 4.69) is 5.32 Å². The SMILES string of the molecule is CCC(=O)NC1CCOc2c(C(C)O)cc(C)cc21. The fraction of sp³-hybridized carbons (Fsp3) is 0.533. The summed E-state index contributed by atoms with van der Waals surface area (Å²) in [5.41, 5.74) is 2.84. The molecule has 104 valence electrons. The molecule has 0 radical (unpaired) electrons. The van der Waals surface area contributed by atoms with Gasteiger partial charge in [0.05, 0.1) is 18.8 Å². The number of carbonyl (C=O) groups excluding carboxylic acids is 1. The van der Waals surface area contributed by atoms with Crippen LogP contribution in [0, 0.1) is 6.92 Å². The summed E-state index contributed by atoms with van der Waals surface area (Å²) in [7, 11) is 0. The Morgan fingerprint density at radius 3 is 2.95 bits per heavy atom. The number of carbonyl (C=O) groups is 1. The van der Waals surface area contributed by atoms with Crippen LogP contribution in [-0.2, 0) is 4.79 Å². The van der Waals surface area contributed by atoms with E-state index in [9.17, 15) is 9.90 Å². The number of hydrogen-bond donors (Lipinski definition) is 2. The molecule has 4 heteroatoms. The maximum absolute atomic E-state index is 11.6. The van der Waals surface area contributed by atoms with Gasteiger partial charge in [0, 0.05) is 24.0 Å². The van der Waals surface area contributed by atoms with Crippen LogP contribution in [0.3, 0.4) is 0 Å². The van der Waals surface area contributed by atoms with Crippen LogP contribution in [0.25, 0.3) is 0 Å². The third-order valence-electron chi connectivity index (χ3n) is 3.43. The van der Waals surface area contributed by atoms with E-state index in [4.69, 9.17) is 4.74 Å². The maximum Gasteiger partial charge on any atom is 0.220 e. The van der Waals surface area contributed by atoms with Gasteiger partial charge in [0.2, 0.25) is 5.91 Å². The minimum absolute atomic E-state index is 0.0198. The van der Waals surface area contributed by atoms with Gasteiger partial charge in [0.15, 0.2) is 0 Å². The minimum Gasteiger partial charge on any atom is -0.493 e. The van der Waals surface area contributed by atoms with Crippen molar-refractivity contribution < 1.29 is 14.6 Å². The summed E-state index contributed by atoms with van der Waals surface area (Å²) >= 11 is 0. The van der Waals surface area contributed by atoms with Crippen molar-refractivity contribution in [2.24, 2.45) is 0 Å². The predicted octanol–water partition coefficient (Wildman–Crippen LogP) is 2.40. The van der Waals surface area contributed by atoms with E-state index in [1.807, 2.05) is 26.0 Å². The van der Waals surface area contributed by atoms with Gasteiger partial charge in [-0.15, -0.1) is 0 Å². The Hall–Kier alpha value is -1.55. The number of benzene rings is 1. The number of ether oxygens (including phenoxy) is 1. The van der Waals surface area contributed by atoms with E-state index in [1.54, 1.807) is 6.92 Å². The number of rotatable bonds is 3. The largest absolute Gasteiger partial charge is 0.493 e. The van der Waals surface area contributed by atoms with Crippen molar-refractivity contribution in [2.45, 2.75) is 45.8 Å². The number of aryl methyl sites for hydroxylation is 1. The third-order valence-corrected chi connectivity index (χ3v) is 3.43. The lowest BCUT2D eigenvalue weighted by Gasteiger charge is -2.29. The number of nitrogens with one attached hydrogen (secondary N) is 1. The van der Waals surface area contributed by atoms with E-state index < -0.39 is 6.10 Å². The summed E-state index contributed by atoms with van der Waals surface area (Å²) in [5, 5.41) is 12.9. The highest BCUT2D eigenvalue weighted by molar-refractivity contribution is 5.76. The molecule has 0 bridgehead atoms. The molecule has 1 heterocycles. The fourth-order valence-corrected chi connectivity index (χ4v) is 2.45. The third kappa shape index (κ3) is 2.89. The van der Waals surface area contributed by atoms with Crippen molar-refractivity contribution in [3.05, 3.63) is 28.8 Å². The second kappa shape index (κ2) is 5.61. The highest BCUT2D eigenvalue weighted by atomic mass is 16.5. The lowest BCUT2D eigenvalue weighted by molar-refractivity contribution is -0.121. The highest BCUT2D eigenvalue weighted by Gasteiger charge is 2.26. The quantitative estimate of drug-likeness (QED) is 0.880. The summed E-state index contributed by atoms with van der Waals surface area (Å²) in [6.45, 7) is 6.11. The van der Waals surface area contributed by atoms with E-state index in [-0.39, 0.29) is 11.9 Å². The monoisotopic (exact) mass is 263 g/mol. The van der Waals surface area contributed by atoms with Crippen LogP contribution in [0.2, 0.25) is 0 Å². The van der Waals surface area contributed by atoms with Gasteiger partial charge in [-0.2, -0.15) is 0 Å². The Balaban J connectivity index is 2.40. The van der Waals surface area contributed by atoms with E-state index in [0.717, 1.165) is 28.9 Å². The Morgan fingerprint density at radius 1 is 1.58 bits per heavy atom. The van der Waals surface area contributed by atoms with Gasteiger partial charge in [-0.1, -0.05) is 18.6 Å². The molecule has 2 rings (SSSR count). The minimum atomic E-state index is -0.575. The molecule has 0 spiro atoms. The van der Waals surface area contributed by atoms with Crippen molar-refractivity contribution in [3.8, 4) is 5.75 Å². The van der Waals surface area contributed by atoms with E-state index >= 15 is 0 Å². The summed E-state index contributed by atoms with van der Waals surface area (Å²) < 4.78 is 5.71. The molecule has 2 N–H and O–H groups in total. The number of aliphatic hydroxyl groups excluding tert-OH is 1. The van der Waals surface area contributed by atoms with Crippen LogP contribution in [0.4, 0.5) is 0 Å². The van der Waals surface area contributed by atoms with E-state index in [1.165, 1.54) is 0 Å². The van der Waals surface area contributed by atoms with Crippen molar-refractivity contribution in [1.82, 2.24) is 5.32 Å². The fourth-order valence-electron chi connectivity index (χ4n) is 2.45. The number of aliphatic hydroxyl groups is 1. The zero-order valence-electron chi connectivity index (χ0n) is 11.7. The van der Waals surface area contributed by atoms with Crippen LogP contribution in [0.1, 0.15) is 55.5 Å². The second-order valence-electron chi connectivity index (χ2n) is 5.06. The van der Waals surface area contributed by atoms with E-state index in [0.29, 0.717) is 13.0 Å². The molecule has 0 aliphatic carbocycles. The molecular formula is C15H21NO3. The number of amides is 1. The second-order valence-corrected chi connectivity index (χ2v) is 5.06. The molecule has 1 aliphatic rings. The van der Waals surface area contributed by atoms with Gasteiger partial charge in [-0.3, -0.25) is 4.79 Å². The Morgan fingerprint density at radius 2 is 2.32 bits per heavy atom. The molecule has 0 aromatic heterocycles. The average molecular weight is 263 g/mol. The number of fused-ring (bicyclic) bond motifs is 1. The molecule has 19 heavy (non-hydrogen) atoms. The van der Waals surface area contributed by atoms with Gasteiger partial charge in [-0.25, -0.2) is 0 Å². The smallest absolute Gasteiger partial charge is 0.220 e. The first-order valence-corrected chi connectivity index (χ1v) is 6.77. The summed E-state index contributed by atoms with van der Waals surface area (Å²) in [5.74, 6) is 0.770. The molecule has 2 unspecified atom stereocenters. The summed E-state index contributed by atoms with van der Waals surface area (Å²) in [6.07, 6.45) is 0.665. The van der Waals surface area contributed by atoms with Crippen LogP contribution in [0.5, 0.6) is 5.75 Å². The van der Waals surface area contributed by atoms with Gasteiger partial charge < -0.3 is 15.2 Å². The lowest BCUT2D eigenvalue weighted by Crippen LogP contribution is -2.32. The molecular weight excluding hydrogens is 242 g/mol. The highest BCUT2D eigenvalue weighted by Crippen LogP contribution is 2.38. The first-order valence-electron chi connectivity index (χ1n) is 6.77. The van der Waals surface area contributed by atoms with Crippen molar-refractivity contribution >= 4 is 5.91 Å². The summed E-state index contributed by atoms with van der Waals surface area (Å²) in [4.78, 5) is 11.6. The average Bonchev–Trinajstić information content (AvgIpc) is 2.38. The van der Waals surface area contributed by atoms with Crippen LogP contribution in [0.15, 0.2) is 12.1 Å². The molecule has 4 nitrogen and oxygen atoms in total. The molecule has 1 aliphatic heterocycles. The van der Waals surface area contributed by atoms with Gasteiger partial charge >= 0.3 is 0 Å². The van der Waals surface area contributed by atoms with Crippen LogP contribution < -0.4 is 10.1 Å². The van der Waals surface area contributed by atoms with Crippen molar-refractivity contribution in [1.29, 1.82) is 0 Å². The normalized spacial score (nSPS) is 19.3. The summed E-state index contributed by atoms with van der Waals surface area (Å²) in [6, 6.07) is 3.95. The molecule has 2 atom stereocenters. The first-order chi connectivity index (χ1) is 9.02. The van der Waals surface area contributed by atoms with Gasteiger partial charge in [0.25, 0.3) is 0 Å². The standard InChI is InChI=1S/C15H21NO3/c1-4-14(18)16-13-5-6-19-15-11(10(3)17)7-9(2)8-12(13)15/h7-8,10,13,17H,4-6H2,1-3H3,(H,16,18). The maximum atomic E-state index is 11.6. The molecule has 0 fully saturated rings.